The number of rotatable bonds is 5. The first-order chi connectivity index (χ1) is 19.1. The van der Waals surface area contributed by atoms with Crippen LogP contribution in [-0.4, -0.2) is 41.2 Å². The van der Waals surface area contributed by atoms with Crippen molar-refractivity contribution in [1.29, 1.82) is 0 Å². The number of carbonyl (C=O) groups is 2. The van der Waals surface area contributed by atoms with Gasteiger partial charge in [0.05, 0.1) is 29.2 Å². The number of nitro benzene ring substituents is 1. The van der Waals surface area contributed by atoms with Crippen molar-refractivity contribution in [3.05, 3.63) is 99.1 Å². The molecular formula is C29H24F3N3O5. The van der Waals surface area contributed by atoms with Crippen molar-refractivity contribution in [3.63, 3.8) is 0 Å². The highest BCUT2D eigenvalue weighted by molar-refractivity contribution is 6.13. The van der Waals surface area contributed by atoms with Crippen LogP contribution in [0.4, 0.5) is 24.5 Å². The van der Waals surface area contributed by atoms with Crippen LogP contribution in [0.2, 0.25) is 0 Å². The molecular weight excluding hydrogens is 527 g/mol. The fourth-order valence-electron chi connectivity index (χ4n) is 7.00. The van der Waals surface area contributed by atoms with Gasteiger partial charge in [0.2, 0.25) is 5.91 Å². The number of hydrogen-bond acceptors (Lipinski definition) is 6. The number of non-ortho nitro benzene ring substituents is 1. The smallest absolute Gasteiger partial charge is 0.418 e. The second-order valence-electron chi connectivity index (χ2n) is 10.3. The van der Waals surface area contributed by atoms with E-state index in [0.717, 1.165) is 6.07 Å². The monoisotopic (exact) mass is 551 g/mol. The minimum Gasteiger partial charge on any atom is -0.497 e. The molecule has 4 atom stereocenters. The Hall–Kier alpha value is -4.25. The number of nitrogens with zero attached hydrogens (tertiary/aromatic N) is 2. The molecule has 3 unspecified atom stereocenters. The Labute approximate surface area is 226 Å². The van der Waals surface area contributed by atoms with Gasteiger partial charge in [-0.3, -0.25) is 24.6 Å². The molecule has 0 bridgehead atoms. The number of Topliss-reactive ketones (excluding diaryl/α,β-unsaturated/α-hetero) is 1. The van der Waals surface area contributed by atoms with Crippen LogP contribution in [0.5, 0.6) is 5.75 Å². The van der Waals surface area contributed by atoms with E-state index in [1.165, 1.54) is 43.5 Å². The van der Waals surface area contributed by atoms with Gasteiger partial charge in [-0.25, -0.2) is 0 Å². The number of anilines is 1. The first-order valence-corrected chi connectivity index (χ1v) is 12.8. The number of hydrogen-bond donors (Lipinski definition) is 1. The number of carbonyl (C=O) groups excluding carboxylic acids is 2. The normalized spacial score (nSPS) is 25.5. The number of ketones is 1. The van der Waals surface area contributed by atoms with Gasteiger partial charge in [-0.2, -0.15) is 13.2 Å². The van der Waals surface area contributed by atoms with Gasteiger partial charge < -0.3 is 10.1 Å². The Bertz CT molecular complexity index is 1560. The molecule has 0 aliphatic carbocycles. The predicted molar refractivity (Wildman–Crippen MR) is 138 cm³/mol. The average Bonchev–Trinajstić information content (AvgIpc) is 3.60. The van der Waals surface area contributed by atoms with Gasteiger partial charge in [0.15, 0.2) is 5.78 Å². The Kier molecular flexibility index (Phi) is 5.95. The minimum absolute atomic E-state index is 0.0911. The second kappa shape index (κ2) is 9.16. The molecule has 3 aromatic carbocycles. The van der Waals surface area contributed by atoms with Gasteiger partial charge in [-0.1, -0.05) is 36.4 Å². The standard InChI is InChI=1S/C29H24F3N3O5/c1-40-19-9-3-7-17(15-19)26(36)24-23(16-6-2-8-18(14-16)35(38)39)22-12-5-13-34(22)28(24)20-10-4-11-21(29(30,31)32)25(20)33-27(28)37/h2-4,6-11,14-15,22-24H,5,12-13H2,1H3,(H,33,37)/t22?,23?,24?,28-/m1/s1. The number of benzene rings is 3. The average molecular weight is 552 g/mol. The van der Waals surface area contributed by atoms with E-state index in [1.54, 1.807) is 24.3 Å². The number of ether oxygens (including phenoxy) is 1. The summed E-state index contributed by atoms with van der Waals surface area (Å²) in [6.07, 6.45) is -3.52. The third-order valence-electron chi connectivity index (χ3n) is 8.44. The maximum Gasteiger partial charge on any atom is 0.418 e. The zero-order chi connectivity index (χ0) is 28.4. The fraction of sp³-hybridized carbons (Fsp3) is 0.310. The van der Waals surface area contributed by atoms with Crippen molar-refractivity contribution >= 4 is 23.1 Å². The van der Waals surface area contributed by atoms with E-state index in [9.17, 15) is 32.9 Å². The molecule has 11 heteroatoms. The molecule has 1 spiro atoms. The van der Waals surface area contributed by atoms with Crippen molar-refractivity contribution in [3.8, 4) is 5.75 Å². The third kappa shape index (κ3) is 3.64. The molecule has 3 aromatic rings. The molecule has 8 nitrogen and oxygen atoms in total. The number of fused-ring (bicyclic) bond motifs is 4. The summed E-state index contributed by atoms with van der Waals surface area (Å²) in [7, 11) is 1.45. The number of para-hydroxylation sites is 1. The number of alkyl halides is 3. The summed E-state index contributed by atoms with van der Waals surface area (Å²) in [6.45, 7) is 0.376. The third-order valence-corrected chi connectivity index (χ3v) is 8.44. The van der Waals surface area contributed by atoms with E-state index < -0.39 is 51.8 Å². The molecule has 3 heterocycles. The maximum absolute atomic E-state index is 14.5. The van der Waals surface area contributed by atoms with Crippen LogP contribution < -0.4 is 10.1 Å². The quantitative estimate of drug-likeness (QED) is 0.254. The molecule has 1 N–H and O–H groups in total. The number of halogens is 3. The second-order valence-corrected chi connectivity index (χ2v) is 10.3. The SMILES string of the molecule is COc1cccc(C(=O)C2C(c3cccc([N+](=O)[O-])c3)C3CCCN3[C@@]23C(=O)Nc2c(C(F)(F)F)cccc23)c1. The summed E-state index contributed by atoms with van der Waals surface area (Å²) >= 11 is 0. The summed E-state index contributed by atoms with van der Waals surface area (Å²) in [5.41, 5.74) is -2.45. The van der Waals surface area contributed by atoms with Gasteiger partial charge >= 0.3 is 6.18 Å². The highest BCUT2D eigenvalue weighted by atomic mass is 19.4. The Morgan fingerprint density at radius 2 is 1.88 bits per heavy atom. The van der Waals surface area contributed by atoms with Crippen LogP contribution >= 0.6 is 0 Å². The maximum atomic E-state index is 14.5. The molecule has 0 aromatic heterocycles. The van der Waals surface area contributed by atoms with E-state index in [2.05, 4.69) is 5.32 Å². The van der Waals surface area contributed by atoms with Gasteiger partial charge in [0, 0.05) is 35.2 Å². The number of amides is 1. The largest absolute Gasteiger partial charge is 0.497 e. The molecule has 1 amide bonds. The van der Waals surface area contributed by atoms with E-state index in [4.69, 9.17) is 4.74 Å². The first kappa shape index (κ1) is 26.0. The molecule has 2 fully saturated rings. The van der Waals surface area contributed by atoms with Crippen molar-refractivity contribution < 1.29 is 32.4 Å². The molecule has 0 radical (unpaired) electrons. The van der Waals surface area contributed by atoms with Crippen LogP contribution in [0.3, 0.4) is 0 Å². The van der Waals surface area contributed by atoms with E-state index in [0.29, 0.717) is 30.7 Å². The fourth-order valence-corrected chi connectivity index (χ4v) is 7.00. The van der Waals surface area contributed by atoms with Crippen LogP contribution in [0.15, 0.2) is 66.7 Å². The lowest BCUT2D eigenvalue weighted by atomic mass is 9.68. The molecule has 3 aliphatic rings. The molecule has 6 rings (SSSR count). The molecule has 3 aliphatic heterocycles. The van der Waals surface area contributed by atoms with Crippen LogP contribution in [0.25, 0.3) is 0 Å². The zero-order valence-corrected chi connectivity index (χ0v) is 21.3. The highest BCUT2D eigenvalue weighted by Gasteiger charge is 2.70. The van der Waals surface area contributed by atoms with Crippen molar-refractivity contribution in [2.45, 2.75) is 36.5 Å². The molecule has 206 valence electrons. The Balaban J connectivity index is 1.63. The predicted octanol–water partition coefficient (Wildman–Crippen LogP) is 5.53. The van der Waals surface area contributed by atoms with E-state index >= 15 is 0 Å². The summed E-state index contributed by atoms with van der Waals surface area (Å²) in [4.78, 5) is 41.6. The van der Waals surface area contributed by atoms with E-state index in [-0.39, 0.29) is 22.5 Å². The van der Waals surface area contributed by atoms with Crippen LogP contribution in [0, 0.1) is 16.0 Å². The minimum atomic E-state index is -4.74. The van der Waals surface area contributed by atoms with Crippen LogP contribution in [0.1, 0.15) is 45.8 Å². The van der Waals surface area contributed by atoms with Crippen LogP contribution in [-0.2, 0) is 16.5 Å². The number of methoxy groups -OCH3 is 1. The Morgan fingerprint density at radius 3 is 2.60 bits per heavy atom. The van der Waals surface area contributed by atoms with Gasteiger partial charge in [0.25, 0.3) is 5.69 Å². The molecule has 40 heavy (non-hydrogen) atoms. The Morgan fingerprint density at radius 1 is 1.12 bits per heavy atom. The lowest BCUT2D eigenvalue weighted by Crippen LogP contribution is -2.52. The van der Waals surface area contributed by atoms with Crippen molar-refractivity contribution in [2.24, 2.45) is 5.92 Å². The van der Waals surface area contributed by atoms with Gasteiger partial charge in [-0.05, 0) is 43.1 Å². The van der Waals surface area contributed by atoms with E-state index in [1.807, 2.05) is 4.90 Å². The zero-order valence-electron chi connectivity index (χ0n) is 21.3. The highest BCUT2D eigenvalue weighted by Crippen LogP contribution is 2.62. The topological polar surface area (TPSA) is 102 Å². The summed E-state index contributed by atoms with van der Waals surface area (Å²) in [5.74, 6) is -2.63. The van der Waals surface area contributed by atoms with Crippen molar-refractivity contribution in [1.82, 2.24) is 4.90 Å². The number of nitro groups is 1. The van der Waals surface area contributed by atoms with Crippen molar-refractivity contribution in [2.75, 3.05) is 19.0 Å². The van der Waals surface area contributed by atoms with Gasteiger partial charge in [-0.15, -0.1) is 0 Å². The molecule has 0 saturated carbocycles. The summed E-state index contributed by atoms with van der Waals surface area (Å²) in [6, 6.07) is 15.6. The molecule has 2 saturated heterocycles. The van der Waals surface area contributed by atoms with Gasteiger partial charge in [0.1, 0.15) is 11.3 Å². The first-order valence-electron chi connectivity index (χ1n) is 12.8. The lowest BCUT2D eigenvalue weighted by molar-refractivity contribution is -0.384. The summed E-state index contributed by atoms with van der Waals surface area (Å²) < 4.78 is 47.5. The lowest BCUT2D eigenvalue weighted by Gasteiger charge is -2.37. The summed E-state index contributed by atoms with van der Waals surface area (Å²) in [5, 5.41) is 14.1. The number of nitrogens with one attached hydrogen (secondary N) is 1.